The Labute approximate surface area is 91.9 Å². The van der Waals surface area contributed by atoms with Crippen LogP contribution in [0.15, 0.2) is 10.7 Å². The first-order chi connectivity index (χ1) is 6.59. The lowest BCUT2D eigenvalue weighted by molar-refractivity contribution is 0.595. The first-order valence-electron chi connectivity index (χ1n) is 4.95. The van der Waals surface area contributed by atoms with Gasteiger partial charge in [-0.25, -0.2) is 9.37 Å². The Bertz CT molecular complexity index is 359. The Morgan fingerprint density at radius 3 is 2.64 bits per heavy atom. The van der Waals surface area contributed by atoms with Crippen molar-refractivity contribution in [2.75, 3.05) is 0 Å². The monoisotopic (exact) mass is 257 g/mol. The molecule has 1 aromatic rings. The Hall–Kier alpha value is -0.440. The highest BCUT2D eigenvalue weighted by atomic mass is 79.9. The predicted molar refractivity (Wildman–Crippen MR) is 58.0 cm³/mol. The molecule has 1 saturated carbocycles. The molecule has 76 valence electrons. The topological polar surface area (TPSA) is 12.9 Å². The molecule has 0 atom stereocenters. The van der Waals surface area contributed by atoms with Crippen LogP contribution in [0.1, 0.15) is 49.8 Å². The van der Waals surface area contributed by atoms with Gasteiger partial charge in [0.15, 0.2) is 0 Å². The summed E-state index contributed by atoms with van der Waals surface area (Å²) in [7, 11) is 0. The molecule has 0 bridgehead atoms. The normalized spacial score (nSPS) is 16.4. The number of aromatic nitrogens is 1. The molecule has 1 heterocycles. The molecule has 0 spiro atoms. The first-order valence-corrected chi connectivity index (χ1v) is 5.74. The average molecular weight is 258 g/mol. The maximum Gasteiger partial charge on any atom is 0.131 e. The van der Waals surface area contributed by atoms with Crippen LogP contribution in [-0.2, 0) is 0 Å². The first kappa shape index (κ1) is 10.1. The summed E-state index contributed by atoms with van der Waals surface area (Å²) < 4.78 is 14.3. The van der Waals surface area contributed by atoms with Gasteiger partial charge in [0.1, 0.15) is 10.4 Å². The van der Waals surface area contributed by atoms with Crippen molar-refractivity contribution in [3.63, 3.8) is 0 Å². The highest BCUT2D eigenvalue weighted by Crippen LogP contribution is 2.44. The maximum absolute atomic E-state index is 13.7. The van der Waals surface area contributed by atoms with Gasteiger partial charge in [-0.05, 0) is 40.6 Å². The second kappa shape index (κ2) is 3.61. The van der Waals surface area contributed by atoms with Crippen molar-refractivity contribution in [2.24, 2.45) is 0 Å². The number of hydrogen-bond donors (Lipinski definition) is 0. The maximum atomic E-state index is 13.7. The summed E-state index contributed by atoms with van der Waals surface area (Å²) in [5.74, 6) is 0.615. The zero-order chi connectivity index (χ0) is 10.3. The molecule has 1 aliphatic carbocycles. The highest BCUT2D eigenvalue weighted by molar-refractivity contribution is 9.10. The molecule has 3 heteroatoms. The van der Waals surface area contributed by atoms with Crippen LogP contribution in [0.2, 0.25) is 0 Å². The fraction of sp³-hybridized carbons (Fsp3) is 0.545. The summed E-state index contributed by atoms with van der Waals surface area (Å²) in [4.78, 5) is 4.37. The summed E-state index contributed by atoms with van der Waals surface area (Å²) in [6.45, 7) is 4.11. The quantitative estimate of drug-likeness (QED) is 0.731. The fourth-order valence-electron chi connectivity index (χ4n) is 1.73. The zero-order valence-electron chi connectivity index (χ0n) is 8.35. The van der Waals surface area contributed by atoms with Gasteiger partial charge in [0.25, 0.3) is 0 Å². The third kappa shape index (κ3) is 1.83. The standard InChI is InChI=1S/C11H13BrFN/c1-6(2)11-10(7-3-4-7)8(13)5-9(12)14-11/h5-7H,3-4H2,1-2H3. The average Bonchev–Trinajstić information content (AvgIpc) is 2.85. The van der Waals surface area contributed by atoms with Gasteiger partial charge in [-0.1, -0.05) is 13.8 Å². The van der Waals surface area contributed by atoms with Gasteiger partial charge in [0.2, 0.25) is 0 Å². The van der Waals surface area contributed by atoms with E-state index in [-0.39, 0.29) is 11.7 Å². The van der Waals surface area contributed by atoms with Crippen molar-refractivity contribution in [2.45, 2.75) is 38.5 Å². The Morgan fingerprint density at radius 2 is 2.14 bits per heavy atom. The van der Waals surface area contributed by atoms with E-state index >= 15 is 0 Å². The number of halogens is 2. The van der Waals surface area contributed by atoms with Crippen LogP contribution in [0.3, 0.4) is 0 Å². The zero-order valence-corrected chi connectivity index (χ0v) is 9.94. The van der Waals surface area contributed by atoms with Gasteiger partial charge in [0.05, 0.1) is 5.69 Å². The van der Waals surface area contributed by atoms with Crippen LogP contribution in [0.25, 0.3) is 0 Å². The second-order valence-corrected chi connectivity index (χ2v) is 4.97. The molecule has 0 saturated heterocycles. The number of nitrogens with zero attached hydrogens (tertiary/aromatic N) is 1. The predicted octanol–water partition coefficient (Wildman–Crippen LogP) is 3.98. The van der Waals surface area contributed by atoms with Crippen molar-refractivity contribution in [3.8, 4) is 0 Å². The molecule has 1 fully saturated rings. The van der Waals surface area contributed by atoms with Gasteiger partial charge in [0, 0.05) is 11.6 Å². The van der Waals surface area contributed by atoms with E-state index in [1.807, 2.05) is 0 Å². The molecule has 0 unspecified atom stereocenters. The van der Waals surface area contributed by atoms with Crippen molar-refractivity contribution in [1.82, 2.24) is 4.98 Å². The van der Waals surface area contributed by atoms with E-state index in [2.05, 4.69) is 34.8 Å². The minimum absolute atomic E-state index is 0.0990. The smallest absolute Gasteiger partial charge is 0.131 e. The molecule has 2 rings (SSSR count). The molecular formula is C11H13BrFN. The van der Waals surface area contributed by atoms with Crippen LogP contribution in [0.4, 0.5) is 4.39 Å². The molecule has 1 nitrogen and oxygen atoms in total. The molecule has 0 N–H and O–H groups in total. The van der Waals surface area contributed by atoms with Crippen molar-refractivity contribution in [1.29, 1.82) is 0 Å². The van der Waals surface area contributed by atoms with Gasteiger partial charge in [-0.15, -0.1) is 0 Å². The van der Waals surface area contributed by atoms with Gasteiger partial charge >= 0.3 is 0 Å². The molecule has 14 heavy (non-hydrogen) atoms. The molecule has 1 aromatic heterocycles. The summed E-state index contributed by atoms with van der Waals surface area (Å²) in [5, 5.41) is 0. The van der Waals surface area contributed by atoms with E-state index in [9.17, 15) is 4.39 Å². The molecule has 1 aliphatic rings. The summed E-state index contributed by atoms with van der Waals surface area (Å²) in [6.07, 6.45) is 2.22. The third-order valence-corrected chi connectivity index (χ3v) is 2.95. The van der Waals surface area contributed by atoms with E-state index in [0.29, 0.717) is 10.5 Å². The van der Waals surface area contributed by atoms with E-state index in [1.165, 1.54) is 6.07 Å². The SMILES string of the molecule is CC(C)c1nc(Br)cc(F)c1C1CC1. The Balaban J connectivity index is 2.53. The lowest BCUT2D eigenvalue weighted by Gasteiger charge is -2.12. The molecule has 0 amide bonds. The highest BCUT2D eigenvalue weighted by Gasteiger charge is 2.30. The molecular weight excluding hydrogens is 245 g/mol. The van der Waals surface area contributed by atoms with Gasteiger partial charge < -0.3 is 0 Å². The van der Waals surface area contributed by atoms with E-state index in [4.69, 9.17) is 0 Å². The van der Waals surface area contributed by atoms with E-state index in [0.717, 1.165) is 24.1 Å². The second-order valence-electron chi connectivity index (χ2n) is 4.15. The fourth-order valence-corrected chi connectivity index (χ4v) is 2.12. The van der Waals surface area contributed by atoms with Gasteiger partial charge in [-0.3, -0.25) is 0 Å². The summed E-state index contributed by atoms with van der Waals surface area (Å²) in [6, 6.07) is 1.47. The minimum Gasteiger partial charge on any atom is -0.245 e. The van der Waals surface area contributed by atoms with E-state index < -0.39 is 0 Å². The summed E-state index contributed by atoms with van der Waals surface area (Å²) >= 11 is 3.23. The largest absolute Gasteiger partial charge is 0.245 e. The van der Waals surface area contributed by atoms with Crippen LogP contribution >= 0.6 is 15.9 Å². The molecule has 0 aromatic carbocycles. The lowest BCUT2D eigenvalue weighted by atomic mass is 10.00. The van der Waals surface area contributed by atoms with E-state index in [1.54, 1.807) is 0 Å². The number of rotatable bonds is 2. The Kier molecular flexibility index (Phi) is 2.60. The van der Waals surface area contributed by atoms with Crippen LogP contribution in [0.5, 0.6) is 0 Å². The Morgan fingerprint density at radius 1 is 1.50 bits per heavy atom. The molecule has 0 aliphatic heterocycles. The number of hydrogen-bond acceptors (Lipinski definition) is 1. The number of pyridine rings is 1. The lowest BCUT2D eigenvalue weighted by Crippen LogP contribution is -2.02. The molecule has 0 radical (unpaired) electrons. The van der Waals surface area contributed by atoms with Crippen molar-refractivity contribution in [3.05, 3.63) is 27.7 Å². The third-order valence-electron chi connectivity index (χ3n) is 2.54. The minimum atomic E-state index is -0.0990. The van der Waals surface area contributed by atoms with Gasteiger partial charge in [-0.2, -0.15) is 0 Å². The van der Waals surface area contributed by atoms with Crippen LogP contribution in [-0.4, -0.2) is 4.98 Å². The van der Waals surface area contributed by atoms with Crippen molar-refractivity contribution < 1.29 is 4.39 Å². The van der Waals surface area contributed by atoms with Crippen LogP contribution in [0, 0.1) is 5.82 Å². The summed E-state index contributed by atoms with van der Waals surface area (Å²) in [5.41, 5.74) is 1.77. The van der Waals surface area contributed by atoms with Crippen molar-refractivity contribution >= 4 is 15.9 Å². The van der Waals surface area contributed by atoms with Crippen LogP contribution < -0.4 is 0 Å².